The predicted octanol–water partition coefficient (Wildman–Crippen LogP) is 22.2. The third-order valence-corrected chi connectivity index (χ3v) is 20.6. The highest BCUT2D eigenvalue weighted by Gasteiger charge is 2.45. The van der Waals surface area contributed by atoms with Gasteiger partial charge in [-0.05, 0) is 194 Å². The topological polar surface area (TPSA) is 14.7 Å². The van der Waals surface area contributed by atoms with Gasteiger partial charge in [0.1, 0.15) is 0 Å². The van der Waals surface area contributed by atoms with Gasteiger partial charge in [-0.15, -0.1) is 11.3 Å². The van der Waals surface area contributed by atoms with E-state index in [1.54, 1.807) is 0 Å². The number of aromatic nitrogens is 1. The molecule has 4 nitrogen and oxygen atoms in total. The molecule has 0 bridgehead atoms. The molecule has 0 spiro atoms. The Hall–Kier alpha value is -9.10. The molecule has 6 heteroatoms. The minimum Gasteiger partial charge on any atom is -0.311 e. The summed E-state index contributed by atoms with van der Waals surface area (Å²) in [5.41, 5.74) is 27.9. The maximum Gasteiger partial charge on any atom is 0.252 e. The summed E-state index contributed by atoms with van der Waals surface area (Å²) in [6, 6.07) is 86.2. The van der Waals surface area contributed by atoms with E-state index in [-0.39, 0.29) is 28.4 Å². The van der Waals surface area contributed by atoms with Gasteiger partial charge in [0.05, 0.1) is 11.0 Å². The second-order valence-electron chi connectivity index (χ2n) is 29.6. The lowest BCUT2D eigenvalue weighted by Gasteiger charge is -2.46. The van der Waals surface area contributed by atoms with E-state index in [1.165, 1.54) is 120 Å². The molecule has 0 saturated heterocycles. The predicted molar refractivity (Wildman–Crippen MR) is 392 cm³/mol. The number of rotatable bonds is 7. The van der Waals surface area contributed by atoms with Crippen molar-refractivity contribution in [2.75, 3.05) is 14.7 Å². The first kappa shape index (κ1) is 57.4. The van der Waals surface area contributed by atoms with Gasteiger partial charge in [0.25, 0.3) is 6.71 Å². The van der Waals surface area contributed by atoms with Gasteiger partial charge in [-0.2, -0.15) is 0 Å². The normalized spacial score (nSPS) is 13.4. The summed E-state index contributed by atoms with van der Waals surface area (Å²) in [6.45, 7) is 32.6. The van der Waals surface area contributed by atoms with E-state index in [9.17, 15) is 0 Å². The summed E-state index contributed by atoms with van der Waals surface area (Å²) in [6.07, 6.45) is 0. The maximum absolute atomic E-state index is 2.66. The second-order valence-corrected chi connectivity index (χ2v) is 30.7. The minimum atomic E-state index is -0.192. The molecule has 0 N–H and O–H groups in total. The van der Waals surface area contributed by atoms with Gasteiger partial charge in [-0.1, -0.05) is 204 Å². The number of hydrogen-bond donors (Lipinski definition) is 0. The van der Waals surface area contributed by atoms with Gasteiger partial charge < -0.3 is 19.3 Å². The van der Waals surface area contributed by atoms with Gasteiger partial charge in [0, 0.05) is 93.4 Å². The smallest absolute Gasteiger partial charge is 0.252 e. The van der Waals surface area contributed by atoms with Crippen LogP contribution in [0.15, 0.2) is 224 Å². The molecule has 2 aliphatic rings. The number of fused-ring (bicyclic) bond motifs is 10. The highest BCUT2D eigenvalue weighted by molar-refractivity contribution is 7.26. The van der Waals surface area contributed by atoms with Crippen LogP contribution >= 0.6 is 11.3 Å². The quantitative estimate of drug-likeness (QED) is 0.148. The molecule has 0 radical (unpaired) electrons. The van der Waals surface area contributed by atoms with Crippen LogP contribution in [0.25, 0.3) is 58.8 Å². The molecule has 2 aromatic heterocycles. The Bertz CT molecular complexity index is 4990. The Morgan fingerprint density at radius 3 is 1.57 bits per heavy atom. The molecule has 4 heterocycles. The van der Waals surface area contributed by atoms with E-state index in [4.69, 9.17) is 0 Å². The lowest BCUT2D eigenvalue weighted by Crippen LogP contribution is -2.61. The van der Waals surface area contributed by atoms with Crippen molar-refractivity contribution in [3.8, 4) is 16.8 Å². The van der Waals surface area contributed by atoms with Crippen LogP contribution in [0.1, 0.15) is 116 Å². The average Bonchev–Trinajstić information content (AvgIpc) is 0.739. The monoisotopic (exact) mass is 1190 g/mol. The SMILES string of the molecule is Cc1cc(N2c3cc(N(c4ccc(C(C)(C)C)cc4)c4ccc5c6ccccc6n(-c6ccccc6)c5c4)ccc3B3c4cc(C(C)(C)C)ccc4N(c4ccc(C(C)(C)C)cc4)c4cc(C(C)(C)C)cc2c43)cc(C)c1-c1cccc2c1sc1ccccc12. The summed E-state index contributed by atoms with van der Waals surface area (Å²) in [5, 5.41) is 5.09. The molecule has 444 valence electrons. The van der Waals surface area contributed by atoms with Crippen molar-refractivity contribution in [2.24, 2.45) is 0 Å². The summed E-state index contributed by atoms with van der Waals surface area (Å²) in [7, 11) is 0. The lowest BCUT2D eigenvalue weighted by atomic mass is 9.33. The lowest BCUT2D eigenvalue weighted by molar-refractivity contribution is 0.589. The molecule has 0 aliphatic carbocycles. The van der Waals surface area contributed by atoms with Crippen molar-refractivity contribution in [1.29, 1.82) is 0 Å². The zero-order valence-electron chi connectivity index (χ0n) is 54.6. The van der Waals surface area contributed by atoms with E-state index < -0.39 is 0 Å². The van der Waals surface area contributed by atoms with Crippen LogP contribution in [0.4, 0.5) is 51.2 Å². The first-order chi connectivity index (χ1) is 43.0. The minimum absolute atomic E-state index is 0.00991. The largest absolute Gasteiger partial charge is 0.311 e. The van der Waals surface area contributed by atoms with Crippen LogP contribution in [-0.4, -0.2) is 11.3 Å². The third-order valence-electron chi connectivity index (χ3n) is 19.4. The fourth-order valence-electron chi connectivity index (χ4n) is 14.6. The summed E-state index contributed by atoms with van der Waals surface area (Å²) < 4.78 is 5.09. The summed E-state index contributed by atoms with van der Waals surface area (Å²) in [4.78, 5) is 7.75. The van der Waals surface area contributed by atoms with E-state index >= 15 is 0 Å². The Balaban J connectivity index is 1.02. The zero-order valence-corrected chi connectivity index (χ0v) is 55.5. The van der Waals surface area contributed by atoms with Crippen molar-refractivity contribution >= 4 is 128 Å². The molecule has 0 unspecified atom stereocenters. The van der Waals surface area contributed by atoms with Crippen molar-refractivity contribution < 1.29 is 0 Å². The Kier molecular flexibility index (Phi) is 13.2. The van der Waals surface area contributed by atoms with Crippen LogP contribution in [0, 0.1) is 13.8 Å². The van der Waals surface area contributed by atoms with Crippen molar-refractivity contribution in [1.82, 2.24) is 4.57 Å². The zero-order chi connectivity index (χ0) is 62.5. The van der Waals surface area contributed by atoms with Crippen LogP contribution in [-0.2, 0) is 21.7 Å². The molecular formula is C84H79BN4S. The standard InChI is InChI=1S/C84H79BN4S/c1-52-45-63(46-53(2)78(52)68-28-22-27-67-66-26-19-21-30-77(66)90-80(67)68)89-74-51-62(86(59-36-31-54(32-37-59)81(3,4)5)61-40-42-65-64-25-18-20-29-71(64)87(73(65)50-61)58-23-16-15-17-24-58)41-43-69(74)85-70-47-56(83(9,10)11)35-44-72(70)88(60-38-33-55(34-39-60)82(6,7)8)75-48-57(84(12,13)14)49-76(89)79(75)85/h15-51H,1-14H3. The van der Waals surface area contributed by atoms with Crippen molar-refractivity contribution in [3.05, 3.63) is 258 Å². The molecule has 13 aromatic rings. The van der Waals surface area contributed by atoms with Gasteiger partial charge >= 0.3 is 0 Å². The van der Waals surface area contributed by atoms with E-state index in [0.717, 1.165) is 39.6 Å². The van der Waals surface area contributed by atoms with Crippen LogP contribution in [0.5, 0.6) is 0 Å². The highest BCUT2D eigenvalue weighted by atomic mass is 32.1. The van der Waals surface area contributed by atoms with E-state index in [0.29, 0.717) is 0 Å². The molecule has 0 amide bonds. The number of aryl methyl sites for hydroxylation is 2. The van der Waals surface area contributed by atoms with E-state index in [1.807, 2.05) is 11.3 Å². The van der Waals surface area contributed by atoms with E-state index in [2.05, 4.69) is 341 Å². The third kappa shape index (κ3) is 9.38. The molecule has 0 atom stereocenters. The Morgan fingerprint density at radius 1 is 0.356 bits per heavy atom. The van der Waals surface area contributed by atoms with Crippen LogP contribution < -0.4 is 31.1 Å². The average molecular weight is 1190 g/mol. The molecule has 2 aliphatic heterocycles. The van der Waals surface area contributed by atoms with Crippen LogP contribution in [0.3, 0.4) is 0 Å². The summed E-state index contributed by atoms with van der Waals surface area (Å²) >= 11 is 1.91. The Morgan fingerprint density at radius 2 is 0.900 bits per heavy atom. The van der Waals surface area contributed by atoms with Crippen LogP contribution in [0.2, 0.25) is 0 Å². The maximum atomic E-state index is 2.66. The van der Waals surface area contributed by atoms with Gasteiger partial charge in [-0.3, -0.25) is 0 Å². The number of benzene rings is 11. The molecule has 15 rings (SSSR count). The fraction of sp³-hybridized carbons (Fsp3) is 0.214. The highest BCUT2D eigenvalue weighted by Crippen LogP contribution is 2.51. The number of thiophene rings is 1. The number of para-hydroxylation sites is 2. The molecule has 0 saturated carbocycles. The van der Waals surface area contributed by atoms with Crippen molar-refractivity contribution in [3.63, 3.8) is 0 Å². The van der Waals surface area contributed by atoms with Gasteiger partial charge in [0.15, 0.2) is 0 Å². The second kappa shape index (κ2) is 20.7. The van der Waals surface area contributed by atoms with Gasteiger partial charge in [-0.25, -0.2) is 0 Å². The molecular weight excluding hydrogens is 1110 g/mol. The fourth-order valence-corrected chi connectivity index (χ4v) is 15.9. The Labute approximate surface area is 536 Å². The van der Waals surface area contributed by atoms with Gasteiger partial charge in [0.2, 0.25) is 0 Å². The number of nitrogens with zero attached hydrogens (tertiary/aromatic N) is 4. The number of anilines is 9. The molecule has 0 fully saturated rings. The first-order valence-corrected chi connectivity index (χ1v) is 33.0. The summed E-state index contributed by atoms with van der Waals surface area (Å²) in [5.74, 6) is 0. The molecule has 90 heavy (non-hydrogen) atoms. The van der Waals surface area contributed by atoms with Crippen molar-refractivity contribution in [2.45, 2.75) is 119 Å². The molecule has 11 aromatic carbocycles. The number of hydrogen-bond acceptors (Lipinski definition) is 4. The first-order valence-electron chi connectivity index (χ1n) is 32.2.